The number of aryl methyl sites for hydroxylation is 1. The van der Waals surface area contributed by atoms with E-state index in [1.807, 2.05) is 6.92 Å². The number of aromatic nitrogens is 3. The Morgan fingerprint density at radius 2 is 2.06 bits per heavy atom. The van der Waals surface area contributed by atoms with E-state index in [9.17, 15) is 4.39 Å². The summed E-state index contributed by atoms with van der Waals surface area (Å²) in [7, 11) is 0. The SMILES string of the molecule is Cc1cc(Br)c(F)cc1-n1nnc(N)c1C. The monoisotopic (exact) mass is 284 g/mol. The fourth-order valence-corrected chi connectivity index (χ4v) is 1.89. The molecule has 0 amide bonds. The number of rotatable bonds is 1. The number of nitrogens with zero attached hydrogens (tertiary/aromatic N) is 3. The first-order valence-corrected chi connectivity index (χ1v) is 5.44. The van der Waals surface area contributed by atoms with Crippen LogP contribution in [0, 0.1) is 19.7 Å². The maximum absolute atomic E-state index is 13.4. The topological polar surface area (TPSA) is 56.7 Å². The van der Waals surface area contributed by atoms with E-state index < -0.39 is 0 Å². The van der Waals surface area contributed by atoms with Gasteiger partial charge in [-0.15, -0.1) is 5.10 Å². The van der Waals surface area contributed by atoms with Crippen molar-refractivity contribution in [2.45, 2.75) is 13.8 Å². The van der Waals surface area contributed by atoms with Gasteiger partial charge in [-0.25, -0.2) is 9.07 Å². The highest BCUT2D eigenvalue weighted by molar-refractivity contribution is 9.10. The summed E-state index contributed by atoms with van der Waals surface area (Å²) in [5, 5.41) is 7.62. The summed E-state index contributed by atoms with van der Waals surface area (Å²) in [6.07, 6.45) is 0. The predicted molar refractivity (Wildman–Crippen MR) is 62.9 cm³/mol. The zero-order chi connectivity index (χ0) is 11.9. The highest BCUT2D eigenvalue weighted by Gasteiger charge is 2.12. The van der Waals surface area contributed by atoms with Crippen LogP contribution in [-0.2, 0) is 0 Å². The second kappa shape index (κ2) is 3.86. The molecule has 2 rings (SSSR count). The van der Waals surface area contributed by atoms with E-state index in [1.54, 1.807) is 13.0 Å². The Hall–Kier alpha value is -1.43. The third-order valence-corrected chi connectivity index (χ3v) is 3.01. The molecular weight excluding hydrogens is 275 g/mol. The Labute approximate surface area is 100 Å². The molecule has 0 aliphatic rings. The second-order valence-corrected chi connectivity index (χ2v) is 4.38. The lowest BCUT2D eigenvalue weighted by atomic mass is 10.2. The van der Waals surface area contributed by atoms with Crippen molar-refractivity contribution in [3.8, 4) is 5.69 Å². The van der Waals surface area contributed by atoms with Crippen molar-refractivity contribution in [2.75, 3.05) is 5.73 Å². The zero-order valence-corrected chi connectivity index (χ0v) is 10.4. The van der Waals surface area contributed by atoms with Crippen molar-refractivity contribution in [3.05, 3.63) is 33.7 Å². The van der Waals surface area contributed by atoms with Crippen LogP contribution in [-0.4, -0.2) is 15.0 Å². The fraction of sp³-hybridized carbons (Fsp3) is 0.200. The third kappa shape index (κ3) is 1.69. The summed E-state index contributed by atoms with van der Waals surface area (Å²) in [4.78, 5) is 0. The number of nitrogen functional groups attached to an aromatic ring is 1. The molecule has 2 aromatic rings. The first-order chi connectivity index (χ1) is 7.50. The Morgan fingerprint density at radius 3 is 2.62 bits per heavy atom. The van der Waals surface area contributed by atoms with Gasteiger partial charge >= 0.3 is 0 Å². The number of hydrogen-bond acceptors (Lipinski definition) is 3. The minimum Gasteiger partial charge on any atom is -0.381 e. The van der Waals surface area contributed by atoms with Crippen molar-refractivity contribution in [1.82, 2.24) is 15.0 Å². The Morgan fingerprint density at radius 1 is 1.38 bits per heavy atom. The molecule has 0 spiro atoms. The number of nitrogens with two attached hydrogens (primary N) is 1. The maximum Gasteiger partial charge on any atom is 0.169 e. The molecule has 0 radical (unpaired) electrons. The molecule has 1 aromatic carbocycles. The molecule has 0 saturated heterocycles. The van der Waals surface area contributed by atoms with E-state index >= 15 is 0 Å². The normalized spacial score (nSPS) is 10.8. The van der Waals surface area contributed by atoms with Gasteiger partial charge in [0.15, 0.2) is 5.82 Å². The van der Waals surface area contributed by atoms with Crippen molar-refractivity contribution in [1.29, 1.82) is 0 Å². The summed E-state index contributed by atoms with van der Waals surface area (Å²) >= 11 is 3.13. The zero-order valence-electron chi connectivity index (χ0n) is 8.83. The predicted octanol–water partition coefficient (Wildman–Crippen LogP) is 2.37. The minimum absolute atomic E-state index is 0.339. The van der Waals surface area contributed by atoms with Crippen LogP contribution in [0.2, 0.25) is 0 Å². The van der Waals surface area contributed by atoms with Gasteiger partial charge in [0.1, 0.15) is 5.82 Å². The standard InChI is InChI=1S/C10H10BrFN4/c1-5-3-7(11)8(12)4-9(5)16-6(2)10(13)14-15-16/h3-4H,13H2,1-2H3. The average molecular weight is 285 g/mol. The van der Waals surface area contributed by atoms with Gasteiger partial charge in [-0.05, 0) is 41.4 Å². The van der Waals surface area contributed by atoms with E-state index in [0.29, 0.717) is 21.7 Å². The van der Waals surface area contributed by atoms with Crippen molar-refractivity contribution >= 4 is 21.7 Å². The van der Waals surface area contributed by atoms with Crippen LogP contribution in [0.4, 0.5) is 10.2 Å². The van der Waals surface area contributed by atoms with Gasteiger partial charge in [-0.3, -0.25) is 0 Å². The Bertz CT molecular complexity index is 550. The van der Waals surface area contributed by atoms with E-state index in [-0.39, 0.29) is 5.82 Å². The maximum atomic E-state index is 13.4. The lowest BCUT2D eigenvalue weighted by Crippen LogP contribution is -2.03. The third-order valence-electron chi connectivity index (χ3n) is 2.40. The van der Waals surface area contributed by atoms with Crippen molar-refractivity contribution < 1.29 is 4.39 Å². The lowest BCUT2D eigenvalue weighted by Gasteiger charge is -2.08. The van der Waals surface area contributed by atoms with Gasteiger partial charge in [-0.2, -0.15) is 0 Å². The van der Waals surface area contributed by atoms with Crippen molar-refractivity contribution in [3.63, 3.8) is 0 Å². The van der Waals surface area contributed by atoms with E-state index in [2.05, 4.69) is 26.2 Å². The first kappa shape index (κ1) is 11.1. The average Bonchev–Trinajstić information content (AvgIpc) is 2.54. The fourth-order valence-electron chi connectivity index (χ4n) is 1.43. The van der Waals surface area contributed by atoms with Crippen LogP contribution in [0.25, 0.3) is 5.69 Å². The molecule has 2 N–H and O–H groups in total. The first-order valence-electron chi connectivity index (χ1n) is 4.64. The molecule has 1 heterocycles. The molecule has 6 heteroatoms. The van der Waals surface area contributed by atoms with E-state index in [0.717, 1.165) is 5.56 Å². The molecule has 84 valence electrons. The van der Waals surface area contributed by atoms with Gasteiger partial charge in [0.25, 0.3) is 0 Å². The molecular formula is C10H10BrFN4. The molecule has 0 aliphatic carbocycles. The van der Waals surface area contributed by atoms with Crippen LogP contribution >= 0.6 is 15.9 Å². The van der Waals surface area contributed by atoms with Crippen LogP contribution in [0.5, 0.6) is 0 Å². The molecule has 16 heavy (non-hydrogen) atoms. The molecule has 0 bridgehead atoms. The quantitative estimate of drug-likeness (QED) is 0.875. The van der Waals surface area contributed by atoms with Gasteiger partial charge in [0.2, 0.25) is 0 Å². The second-order valence-electron chi connectivity index (χ2n) is 3.52. The Kier molecular flexibility index (Phi) is 2.67. The molecule has 0 unspecified atom stereocenters. The minimum atomic E-state index is -0.339. The van der Waals surface area contributed by atoms with Gasteiger partial charge < -0.3 is 5.73 Å². The van der Waals surface area contributed by atoms with Gasteiger partial charge in [-0.1, -0.05) is 5.21 Å². The van der Waals surface area contributed by atoms with Crippen LogP contribution in [0.3, 0.4) is 0 Å². The van der Waals surface area contributed by atoms with E-state index in [1.165, 1.54) is 10.7 Å². The van der Waals surface area contributed by atoms with Crippen LogP contribution in [0.15, 0.2) is 16.6 Å². The number of hydrogen-bond donors (Lipinski definition) is 1. The van der Waals surface area contributed by atoms with Crippen LogP contribution in [0.1, 0.15) is 11.3 Å². The van der Waals surface area contributed by atoms with E-state index in [4.69, 9.17) is 5.73 Å². The largest absolute Gasteiger partial charge is 0.381 e. The lowest BCUT2D eigenvalue weighted by molar-refractivity contribution is 0.617. The van der Waals surface area contributed by atoms with Gasteiger partial charge in [0.05, 0.1) is 15.9 Å². The molecule has 0 aliphatic heterocycles. The summed E-state index contributed by atoms with van der Waals surface area (Å²) < 4.78 is 15.4. The smallest absolute Gasteiger partial charge is 0.169 e. The highest BCUT2D eigenvalue weighted by Crippen LogP contribution is 2.24. The highest BCUT2D eigenvalue weighted by atomic mass is 79.9. The molecule has 1 aromatic heterocycles. The molecule has 0 atom stereocenters. The summed E-state index contributed by atoms with van der Waals surface area (Å²) in [6.45, 7) is 3.66. The Balaban J connectivity index is 2.65. The molecule has 4 nitrogen and oxygen atoms in total. The number of benzene rings is 1. The van der Waals surface area contributed by atoms with Crippen LogP contribution < -0.4 is 5.73 Å². The number of anilines is 1. The summed E-state index contributed by atoms with van der Waals surface area (Å²) in [5.41, 5.74) is 7.83. The summed E-state index contributed by atoms with van der Waals surface area (Å²) in [5.74, 6) is 0.0109. The summed E-state index contributed by atoms with van der Waals surface area (Å²) in [6, 6.07) is 3.10. The number of halogens is 2. The van der Waals surface area contributed by atoms with Gasteiger partial charge in [0, 0.05) is 6.07 Å². The molecule has 0 fully saturated rings. The van der Waals surface area contributed by atoms with Crippen molar-refractivity contribution in [2.24, 2.45) is 0 Å². The molecule has 0 saturated carbocycles.